The number of para-hydroxylation sites is 2. The van der Waals surface area contributed by atoms with E-state index in [1.807, 2.05) is 26.0 Å². The van der Waals surface area contributed by atoms with Crippen LogP contribution in [0.3, 0.4) is 0 Å². The minimum Gasteiger partial charge on any atom is -0.485 e. The standard InChI is InChI=1S/C17H23NO5/c1-4-21-17(20)12(9-11(2)3)18-16(19)15-10-22-13-7-5-6-8-14(13)23-15/h5-8,11-12,15H,4,9-10H2,1-3H3,(H,18,19)/t12-,15+/m0/s1. The van der Waals surface area contributed by atoms with E-state index in [1.54, 1.807) is 19.1 Å². The van der Waals surface area contributed by atoms with Crippen molar-refractivity contribution in [2.45, 2.75) is 39.3 Å². The fourth-order valence-corrected chi connectivity index (χ4v) is 2.34. The molecule has 0 fully saturated rings. The molecule has 0 unspecified atom stereocenters. The van der Waals surface area contributed by atoms with Gasteiger partial charge in [-0.3, -0.25) is 4.79 Å². The summed E-state index contributed by atoms with van der Waals surface area (Å²) in [6, 6.07) is 6.49. The second-order valence-corrected chi connectivity index (χ2v) is 5.81. The van der Waals surface area contributed by atoms with Gasteiger partial charge in [0.1, 0.15) is 12.6 Å². The first-order chi connectivity index (χ1) is 11.0. The molecule has 6 nitrogen and oxygen atoms in total. The lowest BCUT2D eigenvalue weighted by atomic mass is 10.0. The molecular formula is C17H23NO5. The Bertz CT molecular complexity index is 558. The fraction of sp³-hybridized carbons (Fsp3) is 0.529. The molecule has 1 heterocycles. The molecule has 0 radical (unpaired) electrons. The Hall–Kier alpha value is -2.24. The normalized spacial score (nSPS) is 17.5. The van der Waals surface area contributed by atoms with E-state index in [0.717, 1.165) is 0 Å². The first-order valence-corrected chi connectivity index (χ1v) is 7.86. The van der Waals surface area contributed by atoms with Crippen LogP contribution in [0.2, 0.25) is 0 Å². The summed E-state index contributed by atoms with van der Waals surface area (Å²) in [6.07, 6.45) is -0.275. The number of nitrogens with one attached hydrogen (secondary N) is 1. The lowest BCUT2D eigenvalue weighted by Gasteiger charge is -2.27. The predicted octanol–water partition coefficient (Wildman–Crippen LogP) is 1.92. The molecule has 1 aliphatic heterocycles. The molecule has 0 aliphatic carbocycles. The van der Waals surface area contributed by atoms with Gasteiger partial charge in [-0.2, -0.15) is 0 Å². The van der Waals surface area contributed by atoms with E-state index in [4.69, 9.17) is 14.2 Å². The molecule has 0 saturated carbocycles. The van der Waals surface area contributed by atoms with Crippen LogP contribution in [0.1, 0.15) is 27.2 Å². The fourth-order valence-electron chi connectivity index (χ4n) is 2.34. The van der Waals surface area contributed by atoms with Crippen molar-refractivity contribution in [2.75, 3.05) is 13.2 Å². The number of hydrogen-bond donors (Lipinski definition) is 1. The van der Waals surface area contributed by atoms with Crippen molar-refractivity contribution in [3.05, 3.63) is 24.3 Å². The minimum atomic E-state index is -0.783. The number of rotatable bonds is 6. The third-order valence-corrected chi connectivity index (χ3v) is 3.40. The summed E-state index contributed by atoms with van der Waals surface area (Å²) in [7, 11) is 0. The zero-order valence-corrected chi connectivity index (χ0v) is 13.7. The number of carbonyl (C=O) groups excluding carboxylic acids is 2. The summed E-state index contributed by atoms with van der Waals surface area (Å²) < 4.78 is 16.2. The molecule has 0 saturated heterocycles. The van der Waals surface area contributed by atoms with Crippen LogP contribution < -0.4 is 14.8 Å². The molecule has 2 rings (SSSR count). The molecule has 1 amide bonds. The monoisotopic (exact) mass is 321 g/mol. The number of benzene rings is 1. The Morgan fingerprint density at radius 3 is 2.65 bits per heavy atom. The first kappa shape index (κ1) is 17.1. The maximum absolute atomic E-state index is 12.4. The predicted molar refractivity (Wildman–Crippen MR) is 84.4 cm³/mol. The number of fused-ring (bicyclic) bond motifs is 1. The summed E-state index contributed by atoms with van der Waals surface area (Å²) >= 11 is 0. The smallest absolute Gasteiger partial charge is 0.328 e. The highest BCUT2D eigenvalue weighted by Gasteiger charge is 2.31. The van der Waals surface area contributed by atoms with E-state index in [0.29, 0.717) is 17.9 Å². The molecule has 6 heteroatoms. The number of ether oxygens (including phenoxy) is 3. The van der Waals surface area contributed by atoms with Crippen LogP contribution in [0.5, 0.6) is 11.5 Å². The molecule has 0 aromatic heterocycles. The van der Waals surface area contributed by atoms with Gasteiger partial charge in [-0.1, -0.05) is 26.0 Å². The van der Waals surface area contributed by atoms with Crippen molar-refractivity contribution in [3.63, 3.8) is 0 Å². The summed E-state index contributed by atoms with van der Waals surface area (Å²) in [6.45, 7) is 6.09. The van der Waals surface area contributed by atoms with E-state index in [-0.39, 0.29) is 25.0 Å². The van der Waals surface area contributed by atoms with Crippen LogP contribution in [0.4, 0.5) is 0 Å². The van der Waals surface area contributed by atoms with E-state index in [2.05, 4.69) is 5.32 Å². The zero-order chi connectivity index (χ0) is 16.8. The van der Waals surface area contributed by atoms with Gasteiger partial charge in [-0.15, -0.1) is 0 Å². The SMILES string of the molecule is CCOC(=O)[C@H](CC(C)C)NC(=O)[C@H]1COc2ccccc2O1. The quantitative estimate of drug-likeness (QED) is 0.810. The lowest BCUT2D eigenvalue weighted by molar-refractivity contribution is -0.149. The Balaban J connectivity index is 2.00. The molecule has 23 heavy (non-hydrogen) atoms. The second-order valence-electron chi connectivity index (χ2n) is 5.81. The Kier molecular flexibility index (Phi) is 5.84. The van der Waals surface area contributed by atoms with Crippen molar-refractivity contribution >= 4 is 11.9 Å². The maximum Gasteiger partial charge on any atom is 0.328 e. The molecule has 2 atom stereocenters. The van der Waals surface area contributed by atoms with Crippen molar-refractivity contribution in [3.8, 4) is 11.5 Å². The summed E-state index contributed by atoms with van der Waals surface area (Å²) in [4.78, 5) is 24.4. The molecule has 1 N–H and O–H groups in total. The van der Waals surface area contributed by atoms with Gasteiger partial charge in [0.25, 0.3) is 5.91 Å². The highest BCUT2D eigenvalue weighted by Crippen LogP contribution is 2.30. The number of esters is 1. The largest absolute Gasteiger partial charge is 0.485 e. The van der Waals surface area contributed by atoms with Crippen LogP contribution >= 0.6 is 0 Å². The number of hydrogen-bond acceptors (Lipinski definition) is 5. The Morgan fingerprint density at radius 2 is 2.00 bits per heavy atom. The third-order valence-electron chi connectivity index (χ3n) is 3.40. The highest BCUT2D eigenvalue weighted by atomic mass is 16.6. The molecule has 1 aromatic carbocycles. The zero-order valence-electron chi connectivity index (χ0n) is 13.7. The number of amides is 1. The Morgan fingerprint density at radius 1 is 1.30 bits per heavy atom. The van der Waals surface area contributed by atoms with Crippen LogP contribution in [-0.4, -0.2) is 37.2 Å². The average Bonchev–Trinajstić information content (AvgIpc) is 2.53. The molecule has 1 aromatic rings. The van der Waals surface area contributed by atoms with Crippen molar-refractivity contribution in [1.82, 2.24) is 5.32 Å². The van der Waals surface area contributed by atoms with E-state index >= 15 is 0 Å². The first-order valence-electron chi connectivity index (χ1n) is 7.86. The summed E-state index contributed by atoms with van der Waals surface area (Å²) in [5.74, 6) is 0.579. The highest BCUT2D eigenvalue weighted by molar-refractivity contribution is 5.87. The van der Waals surface area contributed by atoms with Crippen molar-refractivity contribution < 1.29 is 23.8 Å². The van der Waals surface area contributed by atoms with Crippen molar-refractivity contribution in [2.24, 2.45) is 5.92 Å². The van der Waals surface area contributed by atoms with E-state index < -0.39 is 18.1 Å². The van der Waals surface area contributed by atoms with Crippen LogP contribution in [0.15, 0.2) is 24.3 Å². The number of carbonyl (C=O) groups is 2. The van der Waals surface area contributed by atoms with Crippen LogP contribution in [0, 0.1) is 5.92 Å². The average molecular weight is 321 g/mol. The summed E-state index contributed by atoms with van der Waals surface area (Å²) in [5, 5.41) is 2.71. The molecule has 1 aliphatic rings. The van der Waals surface area contributed by atoms with Gasteiger partial charge in [0.2, 0.25) is 6.10 Å². The van der Waals surface area contributed by atoms with E-state index in [1.165, 1.54) is 0 Å². The second kappa shape index (κ2) is 7.85. The molecule has 0 bridgehead atoms. The van der Waals surface area contributed by atoms with E-state index in [9.17, 15) is 9.59 Å². The lowest BCUT2D eigenvalue weighted by Crippen LogP contribution is -2.50. The van der Waals surface area contributed by atoms with Crippen LogP contribution in [0.25, 0.3) is 0 Å². The van der Waals surface area contributed by atoms with Gasteiger partial charge in [-0.05, 0) is 31.4 Å². The van der Waals surface area contributed by atoms with Gasteiger partial charge < -0.3 is 19.5 Å². The van der Waals surface area contributed by atoms with Crippen molar-refractivity contribution in [1.29, 1.82) is 0 Å². The van der Waals surface area contributed by atoms with Gasteiger partial charge >= 0.3 is 5.97 Å². The Labute approximate surface area is 136 Å². The minimum absolute atomic E-state index is 0.111. The van der Waals surface area contributed by atoms with Gasteiger partial charge in [0.15, 0.2) is 11.5 Å². The molecule has 0 spiro atoms. The maximum atomic E-state index is 12.4. The summed E-state index contributed by atoms with van der Waals surface area (Å²) in [5.41, 5.74) is 0. The topological polar surface area (TPSA) is 73.9 Å². The molecular weight excluding hydrogens is 298 g/mol. The van der Waals surface area contributed by atoms with Gasteiger partial charge in [-0.25, -0.2) is 4.79 Å². The van der Waals surface area contributed by atoms with Gasteiger partial charge in [0, 0.05) is 0 Å². The van der Waals surface area contributed by atoms with Gasteiger partial charge in [0.05, 0.1) is 6.61 Å². The van der Waals surface area contributed by atoms with Crippen LogP contribution in [-0.2, 0) is 14.3 Å². The third kappa shape index (κ3) is 4.61. The molecule has 126 valence electrons.